The fourth-order valence-corrected chi connectivity index (χ4v) is 1.91. The molecule has 0 bridgehead atoms. The van der Waals surface area contributed by atoms with Crippen molar-refractivity contribution in [2.75, 3.05) is 26.8 Å². The molecule has 6 heteroatoms. The number of piperidine rings is 1. The zero-order valence-electron chi connectivity index (χ0n) is 11.4. The van der Waals surface area contributed by atoms with Crippen molar-refractivity contribution in [3.05, 3.63) is 18.1 Å². The molecule has 0 radical (unpaired) electrons. The van der Waals surface area contributed by atoms with Gasteiger partial charge in [0, 0.05) is 18.4 Å². The quantitative estimate of drug-likeness (QED) is 0.635. The first-order valence-electron chi connectivity index (χ1n) is 6.53. The van der Waals surface area contributed by atoms with Crippen molar-refractivity contribution in [1.82, 2.24) is 15.3 Å². The first-order valence-corrected chi connectivity index (χ1v) is 6.53. The van der Waals surface area contributed by atoms with E-state index in [1.807, 2.05) is 0 Å². The average Bonchev–Trinajstić information content (AvgIpc) is 2.52. The predicted molar refractivity (Wildman–Crippen MR) is 72.0 cm³/mol. The van der Waals surface area contributed by atoms with Gasteiger partial charge in [0.1, 0.15) is 5.69 Å². The third-order valence-electron chi connectivity index (χ3n) is 2.96. The fraction of sp³-hybridized carbons (Fsp3) is 0.500. The second-order valence-corrected chi connectivity index (χ2v) is 4.51. The van der Waals surface area contributed by atoms with Crippen molar-refractivity contribution >= 4 is 5.97 Å². The molecular formula is C14H17N3O3. The van der Waals surface area contributed by atoms with Crippen LogP contribution in [0.4, 0.5) is 0 Å². The maximum absolute atomic E-state index is 10.9. The van der Waals surface area contributed by atoms with E-state index in [4.69, 9.17) is 4.74 Å². The molecule has 1 unspecified atom stereocenters. The molecule has 0 amide bonds. The molecule has 0 aliphatic carbocycles. The zero-order valence-corrected chi connectivity index (χ0v) is 11.4. The number of methoxy groups -OCH3 is 1. The molecule has 1 aliphatic heterocycles. The van der Waals surface area contributed by atoms with Crippen LogP contribution in [-0.4, -0.2) is 42.7 Å². The molecule has 1 atom stereocenters. The second-order valence-electron chi connectivity index (χ2n) is 4.51. The van der Waals surface area contributed by atoms with Crippen LogP contribution in [0.2, 0.25) is 0 Å². The van der Waals surface area contributed by atoms with Gasteiger partial charge >= 0.3 is 5.97 Å². The van der Waals surface area contributed by atoms with E-state index in [9.17, 15) is 4.79 Å². The van der Waals surface area contributed by atoms with Crippen LogP contribution in [0.25, 0.3) is 0 Å². The van der Waals surface area contributed by atoms with E-state index in [0.717, 1.165) is 19.5 Å². The topological polar surface area (TPSA) is 73.3 Å². The van der Waals surface area contributed by atoms with Gasteiger partial charge in [-0.05, 0) is 25.3 Å². The lowest BCUT2D eigenvalue weighted by Gasteiger charge is -2.22. The minimum Gasteiger partial charge on any atom is -0.476 e. The lowest BCUT2D eigenvalue weighted by Crippen LogP contribution is -2.33. The van der Waals surface area contributed by atoms with Gasteiger partial charge in [0.05, 0.1) is 26.1 Å². The third-order valence-corrected chi connectivity index (χ3v) is 2.96. The summed E-state index contributed by atoms with van der Waals surface area (Å²) in [4.78, 5) is 19.1. The predicted octanol–water partition coefficient (Wildman–Crippen LogP) is 0.379. The molecule has 106 valence electrons. The molecule has 1 aromatic heterocycles. The van der Waals surface area contributed by atoms with Gasteiger partial charge < -0.3 is 14.8 Å². The molecule has 1 aromatic rings. The zero-order chi connectivity index (χ0) is 14.2. The summed E-state index contributed by atoms with van der Waals surface area (Å²) in [7, 11) is 1.28. The maximum atomic E-state index is 10.9. The van der Waals surface area contributed by atoms with Gasteiger partial charge in [0.25, 0.3) is 0 Å². The Bertz CT molecular complexity index is 516. The van der Waals surface area contributed by atoms with Crippen LogP contribution in [0.1, 0.15) is 18.5 Å². The van der Waals surface area contributed by atoms with Gasteiger partial charge in [-0.3, -0.25) is 4.98 Å². The summed E-state index contributed by atoms with van der Waals surface area (Å²) in [5.74, 6) is 5.20. The minimum atomic E-state index is -0.605. The summed E-state index contributed by atoms with van der Waals surface area (Å²) < 4.78 is 10.1. The summed E-state index contributed by atoms with van der Waals surface area (Å²) in [6.45, 7) is 2.65. The SMILES string of the molecule is COC(=O)C#Cc1cncc(OCC2CCCNC2)n1. The normalized spacial score (nSPS) is 17.8. The van der Waals surface area contributed by atoms with Crippen LogP contribution >= 0.6 is 0 Å². The second kappa shape index (κ2) is 7.46. The highest BCUT2D eigenvalue weighted by molar-refractivity contribution is 5.88. The number of nitrogens with zero attached hydrogens (tertiary/aromatic N) is 2. The van der Waals surface area contributed by atoms with Crippen molar-refractivity contribution in [1.29, 1.82) is 0 Å². The van der Waals surface area contributed by atoms with Gasteiger partial charge in [-0.1, -0.05) is 0 Å². The molecule has 2 heterocycles. The standard InChI is InChI=1S/C14H17N3O3/c1-19-14(18)5-4-12-8-16-9-13(17-12)20-10-11-3-2-6-15-7-11/h8-9,11,15H,2-3,6-7,10H2,1H3. The summed E-state index contributed by atoms with van der Waals surface area (Å²) >= 11 is 0. The Hall–Kier alpha value is -2.13. The Morgan fingerprint density at radius 2 is 2.45 bits per heavy atom. The highest BCUT2D eigenvalue weighted by atomic mass is 16.5. The van der Waals surface area contributed by atoms with Gasteiger partial charge in [-0.2, -0.15) is 0 Å². The molecule has 1 fully saturated rings. The van der Waals surface area contributed by atoms with Crippen LogP contribution < -0.4 is 10.1 Å². The van der Waals surface area contributed by atoms with E-state index in [1.54, 1.807) is 6.20 Å². The number of rotatable bonds is 3. The molecule has 6 nitrogen and oxygen atoms in total. The monoisotopic (exact) mass is 275 g/mol. The summed E-state index contributed by atoms with van der Waals surface area (Å²) in [6, 6.07) is 0. The summed E-state index contributed by atoms with van der Waals surface area (Å²) in [5, 5.41) is 3.33. The molecule has 0 saturated carbocycles. The van der Waals surface area contributed by atoms with Crippen LogP contribution in [0.5, 0.6) is 5.88 Å². The minimum absolute atomic E-state index is 0.384. The van der Waals surface area contributed by atoms with Crippen molar-refractivity contribution in [2.45, 2.75) is 12.8 Å². The number of hydrogen-bond donors (Lipinski definition) is 1. The van der Waals surface area contributed by atoms with Crippen molar-refractivity contribution in [3.63, 3.8) is 0 Å². The Balaban J connectivity index is 1.91. The first-order chi connectivity index (χ1) is 9.78. The van der Waals surface area contributed by atoms with Crippen molar-refractivity contribution in [3.8, 4) is 17.7 Å². The van der Waals surface area contributed by atoms with Gasteiger partial charge in [0.15, 0.2) is 0 Å². The number of esters is 1. The average molecular weight is 275 g/mol. The Morgan fingerprint density at radius 3 is 3.20 bits per heavy atom. The number of nitrogens with one attached hydrogen (secondary N) is 1. The molecular weight excluding hydrogens is 258 g/mol. The number of carbonyl (C=O) groups excluding carboxylic acids is 1. The van der Waals surface area contributed by atoms with Gasteiger partial charge in [0.2, 0.25) is 5.88 Å². The molecule has 1 aliphatic rings. The molecule has 1 N–H and O–H groups in total. The smallest absolute Gasteiger partial charge is 0.384 e. The molecule has 0 spiro atoms. The van der Waals surface area contributed by atoms with Crippen LogP contribution in [0.3, 0.4) is 0 Å². The molecule has 1 saturated heterocycles. The van der Waals surface area contributed by atoms with Crippen LogP contribution in [0, 0.1) is 17.8 Å². The van der Waals surface area contributed by atoms with Crippen molar-refractivity contribution < 1.29 is 14.3 Å². The van der Waals surface area contributed by atoms with E-state index in [-0.39, 0.29) is 0 Å². The van der Waals surface area contributed by atoms with E-state index in [2.05, 4.69) is 31.9 Å². The first kappa shape index (κ1) is 14.3. The fourth-order valence-electron chi connectivity index (χ4n) is 1.91. The van der Waals surface area contributed by atoms with Crippen LogP contribution in [-0.2, 0) is 9.53 Å². The Kier molecular flexibility index (Phi) is 5.33. The van der Waals surface area contributed by atoms with Gasteiger partial charge in [-0.15, -0.1) is 0 Å². The van der Waals surface area contributed by atoms with Crippen molar-refractivity contribution in [2.24, 2.45) is 5.92 Å². The number of hydrogen-bond acceptors (Lipinski definition) is 6. The number of carbonyl (C=O) groups is 1. The van der Waals surface area contributed by atoms with E-state index < -0.39 is 5.97 Å². The lowest BCUT2D eigenvalue weighted by atomic mass is 10.0. The summed E-state index contributed by atoms with van der Waals surface area (Å²) in [5.41, 5.74) is 0.384. The molecule has 20 heavy (non-hydrogen) atoms. The highest BCUT2D eigenvalue weighted by Gasteiger charge is 2.13. The summed E-state index contributed by atoms with van der Waals surface area (Å²) in [6.07, 6.45) is 5.34. The Morgan fingerprint density at radius 1 is 1.55 bits per heavy atom. The lowest BCUT2D eigenvalue weighted by molar-refractivity contribution is -0.133. The Labute approximate surface area is 117 Å². The van der Waals surface area contributed by atoms with E-state index >= 15 is 0 Å². The number of aromatic nitrogens is 2. The van der Waals surface area contributed by atoms with E-state index in [1.165, 1.54) is 19.7 Å². The number of ether oxygens (including phenoxy) is 2. The highest BCUT2D eigenvalue weighted by Crippen LogP contribution is 2.12. The maximum Gasteiger partial charge on any atom is 0.384 e. The van der Waals surface area contributed by atoms with Gasteiger partial charge in [-0.25, -0.2) is 9.78 Å². The van der Waals surface area contributed by atoms with Crippen LogP contribution in [0.15, 0.2) is 12.4 Å². The molecule has 2 rings (SSSR count). The largest absolute Gasteiger partial charge is 0.476 e. The van der Waals surface area contributed by atoms with E-state index in [0.29, 0.717) is 24.1 Å². The third kappa shape index (κ3) is 4.52. The molecule has 0 aromatic carbocycles.